The monoisotopic (exact) mass is 633 g/mol. The van der Waals surface area contributed by atoms with Gasteiger partial charge in [-0.3, -0.25) is 9.59 Å². The first kappa shape index (κ1) is 34.6. The van der Waals surface area contributed by atoms with Crippen molar-refractivity contribution in [2.45, 2.75) is 70.9 Å². The number of halogens is 1. The van der Waals surface area contributed by atoms with Gasteiger partial charge in [0.1, 0.15) is 11.9 Å². The van der Waals surface area contributed by atoms with Crippen LogP contribution in [0.25, 0.3) is 11.1 Å². The molecule has 0 bridgehead atoms. The summed E-state index contributed by atoms with van der Waals surface area (Å²) in [5.41, 5.74) is 4.59. The maximum Gasteiger partial charge on any atom is 0.315 e. The van der Waals surface area contributed by atoms with E-state index in [4.69, 9.17) is 5.11 Å². The highest BCUT2D eigenvalue weighted by atomic mass is 19.1. The first-order valence-electron chi connectivity index (χ1n) is 15.5. The molecule has 6 N–H and O–H groups in total. The van der Waals surface area contributed by atoms with Crippen molar-refractivity contribution in [1.29, 1.82) is 0 Å². The van der Waals surface area contributed by atoms with Crippen LogP contribution in [-0.4, -0.2) is 70.3 Å². The molecule has 0 aliphatic carbocycles. The van der Waals surface area contributed by atoms with E-state index in [0.717, 1.165) is 27.8 Å². The zero-order valence-corrected chi connectivity index (χ0v) is 26.6. The maximum absolute atomic E-state index is 14.2. The van der Waals surface area contributed by atoms with Gasteiger partial charge < -0.3 is 36.4 Å². The molecule has 0 fully saturated rings. The van der Waals surface area contributed by atoms with E-state index < -0.39 is 23.5 Å². The van der Waals surface area contributed by atoms with Gasteiger partial charge in [0.15, 0.2) is 0 Å². The van der Waals surface area contributed by atoms with Gasteiger partial charge in [0.25, 0.3) is 0 Å². The number of carbonyl (C=O) groups is 3. The zero-order valence-electron chi connectivity index (χ0n) is 26.6. The summed E-state index contributed by atoms with van der Waals surface area (Å²) < 4.78 is 14.2. The topological polar surface area (TPSA) is 143 Å². The van der Waals surface area contributed by atoms with Crippen molar-refractivity contribution in [3.05, 3.63) is 94.8 Å². The second-order valence-corrected chi connectivity index (χ2v) is 12.4. The minimum Gasteiger partial charge on any atom is -0.395 e. The van der Waals surface area contributed by atoms with Crippen molar-refractivity contribution in [3.8, 4) is 11.1 Å². The molecule has 1 heterocycles. The standard InChI is InChI=1S/C35H44FN5O5/c1-23(43)19-39-35(2,3)18-32(44)40-31-17-28-16-29(36)13-12-27(28)22-41(33(31)45)21-24-8-10-25(11-9-24)30-7-5-4-6-26(30)20-38-34(46)37-14-15-42/h4-13,16,23,31,39,42-43H,14-15,17-22H2,1-3H3,(H,40,44)(H2,37,38,46)/t23-,31-/m1/s1. The van der Waals surface area contributed by atoms with Gasteiger partial charge in [-0.2, -0.15) is 0 Å². The highest BCUT2D eigenvalue weighted by Gasteiger charge is 2.32. The molecule has 11 heteroatoms. The highest BCUT2D eigenvalue weighted by molar-refractivity contribution is 5.89. The molecule has 1 aliphatic heterocycles. The van der Waals surface area contributed by atoms with Gasteiger partial charge in [-0.1, -0.05) is 54.6 Å². The molecule has 10 nitrogen and oxygen atoms in total. The largest absolute Gasteiger partial charge is 0.395 e. The molecule has 4 rings (SSSR count). The van der Waals surface area contributed by atoms with Crippen LogP contribution in [0.3, 0.4) is 0 Å². The number of β-amino-alcohol motifs (C(OH)–C–C–N with tert-alkyl or cyclic N) is 1. The second kappa shape index (κ2) is 15.8. The summed E-state index contributed by atoms with van der Waals surface area (Å²) in [4.78, 5) is 40.6. The third kappa shape index (κ3) is 9.84. The number of amides is 4. The SMILES string of the molecule is C[C@@H](O)CNC(C)(C)CC(=O)N[C@@H]1Cc2cc(F)ccc2CN(Cc2ccc(-c3ccccc3CNC(=O)NCCO)cc2)C1=O. The van der Waals surface area contributed by atoms with E-state index in [0.29, 0.717) is 18.7 Å². The van der Waals surface area contributed by atoms with Gasteiger partial charge >= 0.3 is 6.03 Å². The number of aliphatic hydroxyl groups excluding tert-OH is 2. The van der Waals surface area contributed by atoms with Gasteiger partial charge in [0, 0.05) is 51.1 Å². The third-order valence-electron chi connectivity index (χ3n) is 7.87. The van der Waals surface area contributed by atoms with Crippen LogP contribution in [0.2, 0.25) is 0 Å². The molecule has 0 saturated carbocycles. The number of nitrogens with zero attached hydrogens (tertiary/aromatic N) is 1. The number of nitrogens with one attached hydrogen (secondary N) is 4. The molecular formula is C35H44FN5O5. The fourth-order valence-electron chi connectivity index (χ4n) is 5.50. The Morgan fingerprint density at radius 1 is 1.04 bits per heavy atom. The van der Waals surface area contributed by atoms with Gasteiger partial charge in [-0.05, 0) is 66.3 Å². The van der Waals surface area contributed by atoms with Crippen LogP contribution in [0.4, 0.5) is 9.18 Å². The Morgan fingerprint density at radius 2 is 1.78 bits per heavy atom. The molecule has 246 valence electrons. The lowest BCUT2D eigenvalue weighted by Gasteiger charge is -2.29. The summed E-state index contributed by atoms with van der Waals surface area (Å²) in [5, 5.41) is 30.0. The summed E-state index contributed by atoms with van der Waals surface area (Å²) in [6.07, 6.45) is -0.300. The van der Waals surface area contributed by atoms with Crippen LogP contribution in [-0.2, 0) is 35.6 Å². The Labute approximate surface area is 269 Å². The van der Waals surface area contributed by atoms with E-state index in [1.54, 1.807) is 17.9 Å². The molecule has 2 atom stereocenters. The van der Waals surface area contributed by atoms with Crippen molar-refractivity contribution in [2.24, 2.45) is 0 Å². The third-order valence-corrected chi connectivity index (χ3v) is 7.87. The summed E-state index contributed by atoms with van der Waals surface area (Å²) in [6.45, 7) is 6.60. The molecule has 0 radical (unpaired) electrons. The second-order valence-electron chi connectivity index (χ2n) is 12.4. The van der Waals surface area contributed by atoms with E-state index in [1.165, 1.54) is 12.1 Å². The van der Waals surface area contributed by atoms with Gasteiger partial charge in [-0.25, -0.2) is 9.18 Å². The molecule has 0 spiro atoms. The molecule has 1 aliphatic rings. The van der Waals surface area contributed by atoms with Crippen molar-refractivity contribution >= 4 is 17.8 Å². The van der Waals surface area contributed by atoms with Gasteiger partial charge in [-0.15, -0.1) is 0 Å². The van der Waals surface area contributed by atoms with Crippen molar-refractivity contribution in [2.75, 3.05) is 19.7 Å². The molecule has 0 aromatic heterocycles. The van der Waals surface area contributed by atoms with Crippen LogP contribution < -0.4 is 21.3 Å². The van der Waals surface area contributed by atoms with Crippen LogP contribution in [0, 0.1) is 5.82 Å². The van der Waals surface area contributed by atoms with Crippen molar-refractivity contribution in [3.63, 3.8) is 0 Å². The molecular weight excluding hydrogens is 589 g/mol. The number of urea groups is 1. The number of fused-ring (bicyclic) bond motifs is 1. The first-order chi connectivity index (χ1) is 21.9. The van der Waals surface area contributed by atoms with Crippen LogP contribution in [0.5, 0.6) is 0 Å². The number of carbonyl (C=O) groups excluding carboxylic acids is 3. The minimum absolute atomic E-state index is 0.0886. The molecule has 0 unspecified atom stereocenters. The van der Waals surface area contributed by atoms with E-state index in [-0.39, 0.29) is 56.9 Å². The van der Waals surface area contributed by atoms with Crippen LogP contribution in [0.1, 0.15) is 49.4 Å². The summed E-state index contributed by atoms with van der Waals surface area (Å²) in [7, 11) is 0. The molecule has 3 aromatic carbocycles. The predicted octanol–water partition coefficient (Wildman–Crippen LogP) is 2.99. The lowest BCUT2D eigenvalue weighted by atomic mass is 9.98. The average Bonchev–Trinajstić information content (AvgIpc) is 3.13. The normalized spacial score (nSPS) is 15.5. The zero-order chi connectivity index (χ0) is 33.3. The van der Waals surface area contributed by atoms with E-state index >= 15 is 0 Å². The van der Waals surface area contributed by atoms with Crippen molar-refractivity contribution in [1.82, 2.24) is 26.2 Å². The maximum atomic E-state index is 14.2. The van der Waals surface area contributed by atoms with Gasteiger partial charge in [0.2, 0.25) is 11.8 Å². The average molecular weight is 634 g/mol. The number of hydrogen-bond donors (Lipinski definition) is 6. The number of benzene rings is 3. The molecule has 46 heavy (non-hydrogen) atoms. The molecule has 4 amide bonds. The van der Waals surface area contributed by atoms with E-state index in [2.05, 4.69) is 21.3 Å². The van der Waals surface area contributed by atoms with Gasteiger partial charge in [0.05, 0.1) is 12.7 Å². The van der Waals surface area contributed by atoms with E-state index in [1.807, 2.05) is 62.4 Å². The number of aliphatic hydroxyl groups is 2. The van der Waals surface area contributed by atoms with E-state index in [9.17, 15) is 23.9 Å². The Morgan fingerprint density at radius 3 is 2.50 bits per heavy atom. The summed E-state index contributed by atoms with van der Waals surface area (Å²) in [5.74, 6) is -0.964. The lowest BCUT2D eigenvalue weighted by Crippen LogP contribution is -2.51. The van der Waals surface area contributed by atoms with Crippen molar-refractivity contribution < 1.29 is 29.0 Å². The fourth-order valence-corrected chi connectivity index (χ4v) is 5.50. The van der Waals surface area contributed by atoms with Crippen LogP contribution in [0.15, 0.2) is 66.7 Å². The van der Waals surface area contributed by atoms with Crippen LogP contribution >= 0.6 is 0 Å². The number of hydrogen-bond acceptors (Lipinski definition) is 6. The highest BCUT2D eigenvalue weighted by Crippen LogP contribution is 2.26. The Kier molecular flexibility index (Phi) is 11.9. The quantitative estimate of drug-likeness (QED) is 0.171. The summed E-state index contributed by atoms with van der Waals surface area (Å²) >= 11 is 0. The fraction of sp³-hybridized carbons (Fsp3) is 0.400. The first-order valence-corrected chi connectivity index (χ1v) is 15.5. The lowest BCUT2D eigenvalue weighted by molar-refractivity contribution is -0.137. The minimum atomic E-state index is -0.864. The smallest absolute Gasteiger partial charge is 0.315 e. The number of rotatable bonds is 13. The summed E-state index contributed by atoms with van der Waals surface area (Å²) in [6, 6.07) is 18.8. The Bertz CT molecular complexity index is 1510. The molecule has 0 saturated heterocycles. The Hall–Kier alpha value is -4.32. The Balaban J connectivity index is 1.49. The molecule has 3 aromatic rings. The predicted molar refractivity (Wildman–Crippen MR) is 174 cm³/mol.